The Balaban J connectivity index is 2.16. The quantitative estimate of drug-likeness (QED) is 0.426. The van der Waals surface area contributed by atoms with Crippen molar-refractivity contribution in [2.24, 2.45) is 4.14 Å². The molecule has 1 aliphatic rings. The molecule has 0 aromatic carbocycles. The number of H-pyrrole nitrogens is 1. The standard InChI is InChI=1S/C9H11BrN4O7/c10-12-14(19)20-3-4-6(16)7(17)8(21-4)13-2-1-5(15)11-9(13)18/h1-2,4,6-8,16-17H,3H2,(H,11,15,18)/t4-,6-,7-,8-/m1/s1. The first-order valence-electron chi connectivity index (χ1n) is 5.69. The lowest BCUT2D eigenvalue weighted by Crippen LogP contribution is -2.37. The highest BCUT2D eigenvalue weighted by Crippen LogP contribution is 2.28. The minimum absolute atomic E-state index is 0.151. The number of aromatic nitrogens is 2. The van der Waals surface area contributed by atoms with Gasteiger partial charge in [-0.05, 0) is 0 Å². The van der Waals surface area contributed by atoms with E-state index in [1.54, 1.807) is 0 Å². The summed E-state index contributed by atoms with van der Waals surface area (Å²) in [5.41, 5.74) is -1.41. The van der Waals surface area contributed by atoms with Crippen molar-refractivity contribution in [3.8, 4) is 0 Å². The molecule has 1 aromatic rings. The maximum atomic E-state index is 11.6. The highest BCUT2D eigenvalue weighted by molar-refractivity contribution is 9.08. The summed E-state index contributed by atoms with van der Waals surface area (Å²) in [5.74, 6) is 0. The molecule has 3 N–H and O–H groups in total. The van der Waals surface area contributed by atoms with Gasteiger partial charge in [-0.25, -0.2) is 10.0 Å². The molecule has 2 heterocycles. The lowest BCUT2D eigenvalue weighted by atomic mass is 10.1. The topological polar surface area (TPSA) is 152 Å². The molecule has 21 heavy (non-hydrogen) atoms. The maximum absolute atomic E-state index is 11.6. The third-order valence-corrected chi connectivity index (χ3v) is 3.13. The summed E-state index contributed by atoms with van der Waals surface area (Å²) in [6, 6.07) is 1.07. The first-order chi connectivity index (χ1) is 9.93. The summed E-state index contributed by atoms with van der Waals surface area (Å²) in [6.07, 6.45) is -3.99. The van der Waals surface area contributed by atoms with Crippen LogP contribution in [0.5, 0.6) is 0 Å². The lowest BCUT2D eigenvalue weighted by molar-refractivity contribution is -0.785. The van der Waals surface area contributed by atoms with E-state index in [1.165, 1.54) is 0 Å². The van der Waals surface area contributed by atoms with Crippen LogP contribution in [0.4, 0.5) is 0 Å². The predicted octanol–water partition coefficient (Wildman–Crippen LogP) is -1.64. The Labute approximate surface area is 124 Å². The van der Waals surface area contributed by atoms with E-state index in [9.17, 15) is 25.0 Å². The molecule has 1 aliphatic heterocycles. The van der Waals surface area contributed by atoms with Gasteiger partial charge in [0.05, 0.1) is 6.61 Å². The van der Waals surface area contributed by atoms with E-state index in [0.717, 1.165) is 16.8 Å². The molecular weight excluding hydrogens is 356 g/mol. The molecule has 0 unspecified atom stereocenters. The number of nitrogens with zero attached hydrogens (tertiary/aromatic N) is 3. The van der Waals surface area contributed by atoms with Crippen molar-refractivity contribution in [2.45, 2.75) is 24.5 Å². The smallest absolute Gasteiger partial charge is 0.330 e. The van der Waals surface area contributed by atoms with E-state index >= 15 is 0 Å². The number of ether oxygens (including phenoxy) is 1. The van der Waals surface area contributed by atoms with Gasteiger partial charge in [-0.3, -0.25) is 14.3 Å². The molecule has 0 amide bonds. The molecule has 11 nitrogen and oxygen atoms in total. The van der Waals surface area contributed by atoms with Gasteiger partial charge >= 0.3 is 5.69 Å². The fourth-order valence-electron chi connectivity index (χ4n) is 1.88. The van der Waals surface area contributed by atoms with Crippen molar-refractivity contribution in [3.05, 3.63) is 38.3 Å². The van der Waals surface area contributed by atoms with Crippen LogP contribution < -0.4 is 11.2 Å². The normalized spacial score (nSPS) is 29.6. The summed E-state index contributed by atoms with van der Waals surface area (Å²) >= 11 is 2.50. The Hall–Kier alpha value is -1.76. The number of hydrogen-bond donors (Lipinski definition) is 3. The summed E-state index contributed by atoms with van der Waals surface area (Å²) in [7, 11) is 0. The molecule has 0 radical (unpaired) electrons. The van der Waals surface area contributed by atoms with Crippen molar-refractivity contribution >= 4 is 16.1 Å². The van der Waals surface area contributed by atoms with E-state index in [2.05, 4.69) is 25.1 Å². The number of hydrogen-bond acceptors (Lipinski definition) is 8. The minimum atomic E-state index is -1.44. The molecule has 2 rings (SSSR count). The highest BCUT2D eigenvalue weighted by atomic mass is 79.9. The second kappa shape index (κ2) is 6.34. The van der Waals surface area contributed by atoms with E-state index in [0.29, 0.717) is 0 Å². The first kappa shape index (κ1) is 15.6. The lowest BCUT2D eigenvalue weighted by Gasteiger charge is -2.16. The fraction of sp³-hybridized carbons (Fsp3) is 0.556. The summed E-state index contributed by atoms with van der Waals surface area (Å²) in [4.78, 5) is 29.1. The largest absolute Gasteiger partial charge is 0.387 e. The molecule has 1 saturated heterocycles. The van der Waals surface area contributed by atoms with E-state index in [-0.39, 0.29) is 5.02 Å². The molecule has 116 valence electrons. The third-order valence-electron chi connectivity index (χ3n) is 2.87. The van der Waals surface area contributed by atoms with Gasteiger partial charge in [0.2, 0.25) is 0 Å². The highest BCUT2D eigenvalue weighted by Gasteiger charge is 2.44. The minimum Gasteiger partial charge on any atom is -0.387 e. The van der Waals surface area contributed by atoms with Gasteiger partial charge in [0, 0.05) is 12.3 Å². The molecule has 0 aliphatic carbocycles. The van der Waals surface area contributed by atoms with Crippen LogP contribution >= 0.6 is 16.1 Å². The van der Waals surface area contributed by atoms with Gasteiger partial charge in [-0.1, -0.05) is 0 Å². The molecule has 4 atom stereocenters. The monoisotopic (exact) mass is 366 g/mol. The van der Waals surface area contributed by atoms with Crippen LogP contribution in [0.2, 0.25) is 0 Å². The van der Waals surface area contributed by atoms with Gasteiger partial charge in [-0.2, -0.15) is 0 Å². The zero-order chi connectivity index (χ0) is 15.6. The van der Waals surface area contributed by atoms with Crippen molar-refractivity contribution in [1.29, 1.82) is 0 Å². The molecular formula is C9H11BrN4O7. The van der Waals surface area contributed by atoms with Gasteiger partial charge in [0.25, 0.3) is 5.56 Å². The molecule has 0 bridgehead atoms. The second-order valence-corrected chi connectivity index (χ2v) is 4.49. The maximum Gasteiger partial charge on any atom is 0.330 e. The van der Waals surface area contributed by atoms with E-state index in [4.69, 9.17) is 4.74 Å². The predicted molar refractivity (Wildman–Crippen MR) is 68.2 cm³/mol. The van der Waals surface area contributed by atoms with Crippen molar-refractivity contribution in [3.63, 3.8) is 0 Å². The first-order valence-corrected chi connectivity index (χ1v) is 6.40. The summed E-state index contributed by atoms with van der Waals surface area (Å²) in [5, 5.41) is 30.3. The molecule has 0 saturated carbocycles. The Morgan fingerprint density at radius 1 is 1.52 bits per heavy atom. The third kappa shape index (κ3) is 3.29. The number of nitrogens with one attached hydrogen (secondary N) is 1. The number of halogens is 1. The van der Waals surface area contributed by atoms with Crippen molar-refractivity contribution in [2.75, 3.05) is 6.61 Å². The average Bonchev–Trinajstić information content (AvgIpc) is 2.73. The van der Waals surface area contributed by atoms with Crippen LogP contribution in [-0.4, -0.2) is 49.7 Å². The van der Waals surface area contributed by atoms with Gasteiger partial charge < -0.3 is 19.8 Å². The van der Waals surface area contributed by atoms with Crippen LogP contribution in [0.3, 0.4) is 0 Å². The Morgan fingerprint density at radius 2 is 2.24 bits per heavy atom. The van der Waals surface area contributed by atoms with Crippen molar-refractivity contribution < 1.29 is 24.8 Å². The SMILES string of the molecule is O=c1ccn([C@@H]2O[C@H](CO[N+]([O-])=NBr)[C@@H](O)[C@H]2O)c(=O)[nH]1. The van der Waals surface area contributed by atoms with Gasteiger partial charge in [0.15, 0.2) is 27.4 Å². The summed E-state index contributed by atoms with van der Waals surface area (Å²) < 4.78 is 9.16. The number of aromatic amines is 1. The van der Waals surface area contributed by atoms with E-state index in [1.807, 2.05) is 4.98 Å². The molecule has 12 heteroatoms. The fourth-order valence-corrected chi connectivity index (χ4v) is 1.97. The molecule has 1 fully saturated rings. The van der Waals surface area contributed by atoms with Crippen LogP contribution in [0.25, 0.3) is 0 Å². The Kier molecular flexibility index (Phi) is 4.72. The van der Waals surface area contributed by atoms with Crippen molar-refractivity contribution in [1.82, 2.24) is 9.55 Å². The van der Waals surface area contributed by atoms with Crippen LogP contribution in [0, 0.1) is 5.21 Å². The average molecular weight is 367 g/mol. The number of aliphatic hydroxyl groups excluding tert-OH is 2. The van der Waals surface area contributed by atoms with Crippen LogP contribution in [-0.2, 0) is 9.57 Å². The number of rotatable bonds is 4. The Bertz CT molecular complexity index is 643. The van der Waals surface area contributed by atoms with Crippen LogP contribution in [0.15, 0.2) is 26.0 Å². The van der Waals surface area contributed by atoms with Crippen LogP contribution in [0.1, 0.15) is 6.23 Å². The van der Waals surface area contributed by atoms with E-state index < -0.39 is 42.4 Å². The summed E-state index contributed by atoms with van der Waals surface area (Å²) in [6.45, 7) is -0.397. The Morgan fingerprint density at radius 3 is 2.86 bits per heavy atom. The van der Waals surface area contributed by atoms with Gasteiger partial charge in [0.1, 0.15) is 22.5 Å². The zero-order valence-electron chi connectivity index (χ0n) is 10.3. The molecule has 0 spiro atoms. The zero-order valence-corrected chi connectivity index (χ0v) is 11.9. The second-order valence-electron chi connectivity index (χ2n) is 4.17. The van der Waals surface area contributed by atoms with Gasteiger partial charge in [-0.15, -0.1) is 0 Å². The number of aliphatic hydroxyl groups is 2. The molecule has 1 aromatic heterocycles.